The monoisotopic (exact) mass is 523 g/mol. The summed E-state index contributed by atoms with van der Waals surface area (Å²) in [6.07, 6.45) is 0.828. The highest BCUT2D eigenvalue weighted by Crippen LogP contribution is 2.34. The lowest BCUT2D eigenvalue weighted by Gasteiger charge is -2.19. The van der Waals surface area contributed by atoms with E-state index < -0.39 is 5.97 Å². The molecule has 1 heterocycles. The molecule has 190 valence electrons. The number of carbonyl (C=O) groups excluding carboxylic acids is 2. The molecule has 3 rings (SSSR count). The number of ether oxygens (including phenoxy) is 1. The third-order valence-electron chi connectivity index (χ3n) is 6.13. The zero-order valence-electron chi connectivity index (χ0n) is 21.2. The van der Waals surface area contributed by atoms with Gasteiger partial charge in [0, 0.05) is 25.6 Å². The summed E-state index contributed by atoms with van der Waals surface area (Å²) < 4.78 is 5.00. The molecule has 2 aromatic carbocycles. The summed E-state index contributed by atoms with van der Waals surface area (Å²) >= 11 is 6.78. The van der Waals surface area contributed by atoms with Gasteiger partial charge < -0.3 is 20.3 Å². The normalized spacial score (nSPS) is 10.7. The second kappa shape index (κ2) is 13.2. The number of esters is 1. The second-order valence-corrected chi connectivity index (χ2v) is 9.70. The topological polar surface area (TPSA) is 70.7 Å². The molecule has 2 N–H and O–H groups in total. The first-order chi connectivity index (χ1) is 17.4. The Morgan fingerprint density at radius 2 is 1.56 bits per heavy atom. The summed E-state index contributed by atoms with van der Waals surface area (Å²) in [6.45, 7) is 7.44. The molecule has 0 spiro atoms. The van der Waals surface area contributed by atoms with Crippen molar-refractivity contribution < 1.29 is 14.3 Å². The van der Waals surface area contributed by atoms with Gasteiger partial charge in [0.05, 0.1) is 17.6 Å². The molecule has 1 amide bonds. The number of nitrogens with one attached hydrogen (secondary N) is 2. The standard InChI is InChI=1S/C28H33N3O3S2/c1-5-31(6-2)26(32)24-19(3)23(27(33)34-4)25(36-24)30-28(35)29-18-17-22(20-13-9-7-10-14-20)21-15-11-8-12-16-21/h7-16,22H,5-6,17-18H2,1-4H3,(H2,29,30,35). The average molecular weight is 524 g/mol. The van der Waals surface area contributed by atoms with Crippen molar-refractivity contribution in [3.8, 4) is 0 Å². The molecule has 0 saturated carbocycles. The molecule has 3 aromatic rings. The van der Waals surface area contributed by atoms with E-state index in [1.165, 1.54) is 29.6 Å². The molecule has 6 nitrogen and oxygen atoms in total. The van der Waals surface area contributed by atoms with Gasteiger partial charge >= 0.3 is 5.97 Å². The number of anilines is 1. The van der Waals surface area contributed by atoms with Crippen molar-refractivity contribution in [1.82, 2.24) is 10.2 Å². The number of nitrogens with zero attached hydrogens (tertiary/aromatic N) is 1. The van der Waals surface area contributed by atoms with Crippen LogP contribution in [-0.2, 0) is 4.74 Å². The summed E-state index contributed by atoms with van der Waals surface area (Å²) in [4.78, 5) is 27.8. The lowest BCUT2D eigenvalue weighted by Crippen LogP contribution is -2.30. The van der Waals surface area contributed by atoms with E-state index in [2.05, 4.69) is 59.2 Å². The van der Waals surface area contributed by atoms with Gasteiger partial charge in [0.2, 0.25) is 0 Å². The molecule has 36 heavy (non-hydrogen) atoms. The molecule has 0 atom stereocenters. The number of thiophene rings is 1. The lowest BCUT2D eigenvalue weighted by atomic mass is 9.88. The van der Waals surface area contributed by atoms with E-state index in [1.54, 1.807) is 11.8 Å². The van der Waals surface area contributed by atoms with Gasteiger partial charge in [-0.25, -0.2) is 4.79 Å². The van der Waals surface area contributed by atoms with Crippen molar-refractivity contribution in [3.63, 3.8) is 0 Å². The lowest BCUT2D eigenvalue weighted by molar-refractivity contribution is 0.0601. The highest BCUT2D eigenvalue weighted by molar-refractivity contribution is 7.80. The fourth-order valence-electron chi connectivity index (χ4n) is 4.18. The summed E-state index contributed by atoms with van der Waals surface area (Å²) in [5, 5.41) is 7.31. The van der Waals surface area contributed by atoms with E-state index in [0.29, 0.717) is 45.8 Å². The van der Waals surface area contributed by atoms with Gasteiger partial charge in [-0.3, -0.25) is 4.79 Å². The van der Waals surface area contributed by atoms with Crippen LogP contribution in [0, 0.1) is 6.92 Å². The molecule has 0 aliphatic rings. The van der Waals surface area contributed by atoms with Crippen LogP contribution >= 0.6 is 23.6 Å². The smallest absolute Gasteiger partial charge is 0.341 e. The summed E-state index contributed by atoms with van der Waals surface area (Å²) in [7, 11) is 1.33. The van der Waals surface area contributed by atoms with Crippen LogP contribution in [-0.4, -0.2) is 48.6 Å². The van der Waals surface area contributed by atoms with Gasteiger partial charge in [0.1, 0.15) is 5.00 Å². The number of amides is 1. The summed E-state index contributed by atoms with van der Waals surface area (Å²) in [6, 6.07) is 20.8. The Hall–Kier alpha value is -3.23. The SMILES string of the molecule is CCN(CC)C(=O)c1sc(NC(=S)NCCC(c2ccccc2)c2ccccc2)c(C(=O)OC)c1C. The largest absolute Gasteiger partial charge is 0.465 e. The number of rotatable bonds is 10. The molecule has 0 fully saturated rings. The molecule has 0 unspecified atom stereocenters. The van der Waals surface area contributed by atoms with Crippen molar-refractivity contribution in [2.24, 2.45) is 0 Å². The quantitative estimate of drug-likeness (QED) is 0.257. The fraction of sp³-hybridized carbons (Fsp3) is 0.321. The third kappa shape index (κ3) is 6.50. The van der Waals surface area contributed by atoms with Gasteiger partial charge in [-0.1, -0.05) is 60.7 Å². The van der Waals surface area contributed by atoms with Gasteiger partial charge in [0.25, 0.3) is 5.91 Å². The first-order valence-electron chi connectivity index (χ1n) is 12.1. The number of hydrogen-bond acceptors (Lipinski definition) is 5. The van der Waals surface area contributed by atoms with Crippen molar-refractivity contribution >= 4 is 45.5 Å². The maximum atomic E-state index is 13.0. The van der Waals surface area contributed by atoms with Crippen molar-refractivity contribution in [2.45, 2.75) is 33.1 Å². The van der Waals surface area contributed by atoms with Gasteiger partial charge in [-0.15, -0.1) is 11.3 Å². The Balaban J connectivity index is 1.74. The Kier molecular flexibility index (Phi) is 10.0. The minimum atomic E-state index is -0.499. The van der Waals surface area contributed by atoms with Gasteiger partial charge in [-0.05, 0) is 56.1 Å². The van der Waals surface area contributed by atoms with Gasteiger partial charge in [0.15, 0.2) is 5.11 Å². The van der Waals surface area contributed by atoms with Crippen LogP contribution in [0.1, 0.15) is 62.9 Å². The number of carbonyl (C=O) groups is 2. The zero-order chi connectivity index (χ0) is 26.1. The van der Waals surface area contributed by atoms with Crippen LogP contribution in [0.4, 0.5) is 5.00 Å². The molecule has 0 aliphatic carbocycles. The van der Waals surface area contributed by atoms with E-state index in [0.717, 1.165) is 6.42 Å². The van der Waals surface area contributed by atoms with Crippen LogP contribution in [0.5, 0.6) is 0 Å². The maximum Gasteiger partial charge on any atom is 0.341 e. The second-order valence-electron chi connectivity index (χ2n) is 8.27. The van der Waals surface area contributed by atoms with Crippen LogP contribution in [0.15, 0.2) is 60.7 Å². The third-order valence-corrected chi connectivity index (χ3v) is 7.57. The zero-order valence-corrected chi connectivity index (χ0v) is 22.8. The molecular formula is C28H33N3O3S2. The first kappa shape index (κ1) is 27.4. The Labute approximate surface area is 222 Å². The maximum absolute atomic E-state index is 13.0. The molecule has 1 aromatic heterocycles. The van der Waals surface area contributed by atoms with Crippen LogP contribution in [0.2, 0.25) is 0 Å². The predicted molar refractivity (Wildman–Crippen MR) is 151 cm³/mol. The van der Waals surface area contributed by atoms with E-state index in [9.17, 15) is 9.59 Å². The minimum absolute atomic E-state index is 0.104. The molecule has 0 saturated heterocycles. The molecule has 8 heteroatoms. The Bertz CT molecular complexity index is 1140. The predicted octanol–water partition coefficient (Wildman–Crippen LogP) is 5.83. The van der Waals surface area contributed by atoms with E-state index in [1.807, 2.05) is 26.0 Å². The highest BCUT2D eigenvalue weighted by atomic mass is 32.1. The van der Waals surface area contributed by atoms with E-state index in [4.69, 9.17) is 17.0 Å². The number of thiocarbonyl (C=S) groups is 1. The van der Waals surface area contributed by atoms with Crippen LogP contribution in [0.25, 0.3) is 0 Å². The van der Waals surface area contributed by atoms with E-state index in [-0.39, 0.29) is 11.8 Å². The molecular weight excluding hydrogens is 490 g/mol. The highest BCUT2D eigenvalue weighted by Gasteiger charge is 2.27. The average Bonchev–Trinajstić information content (AvgIpc) is 3.23. The molecule has 0 radical (unpaired) electrons. The minimum Gasteiger partial charge on any atom is -0.465 e. The van der Waals surface area contributed by atoms with Crippen molar-refractivity contribution in [1.29, 1.82) is 0 Å². The number of benzene rings is 2. The van der Waals surface area contributed by atoms with E-state index >= 15 is 0 Å². The Morgan fingerprint density at radius 1 is 1.00 bits per heavy atom. The fourth-order valence-corrected chi connectivity index (χ4v) is 5.62. The molecule has 0 bridgehead atoms. The number of methoxy groups -OCH3 is 1. The molecule has 0 aliphatic heterocycles. The van der Waals surface area contributed by atoms with Crippen molar-refractivity contribution in [2.75, 3.05) is 32.1 Å². The number of hydrogen-bond donors (Lipinski definition) is 2. The van der Waals surface area contributed by atoms with Crippen LogP contribution < -0.4 is 10.6 Å². The first-order valence-corrected chi connectivity index (χ1v) is 13.3. The van der Waals surface area contributed by atoms with Crippen molar-refractivity contribution in [3.05, 3.63) is 87.8 Å². The van der Waals surface area contributed by atoms with Crippen LogP contribution in [0.3, 0.4) is 0 Å². The summed E-state index contributed by atoms with van der Waals surface area (Å²) in [5.74, 6) is -0.385. The summed E-state index contributed by atoms with van der Waals surface area (Å²) in [5.41, 5.74) is 3.42. The Morgan fingerprint density at radius 3 is 2.06 bits per heavy atom. The van der Waals surface area contributed by atoms with Gasteiger partial charge in [-0.2, -0.15) is 0 Å².